The summed E-state index contributed by atoms with van der Waals surface area (Å²) in [6, 6.07) is 13.5. The van der Waals surface area contributed by atoms with Crippen LogP contribution in [0.5, 0.6) is 0 Å². The molecule has 0 aliphatic heterocycles. The van der Waals surface area contributed by atoms with Gasteiger partial charge in [0, 0.05) is 18.8 Å². The van der Waals surface area contributed by atoms with Crippen molar-refractivity contribution in [2.45, 2.75) is 72.2 Å². The fraction of sp³-hybridized carbons (Fsp3) is 0.464. The zero-order valence-electron chi connectivity index (χ0n) is 22.1. The van der Waals surface area contributed by atoms with E-state index in [0.717, 1.165) is 22.3 Å². The molecule has 2 rings (SSSR count). The SMILES string of the molecule is CCCN(C(=O)C(CS)NC(=O)OC(C)(C)C)C(C(=O)NCc1ccccc1)c1cccc(C)c1C. The van der Waals surface area contributed by atoms with Crippen molar-refractivity contribution >= 4 is 30.5 Å². The number of carbonyl (C=O) groups is 3. The second kappa shape index (κ2) is 13.3. The first-order valence-electron chi connectivity index (χ1n) is 12.3. The highest BCUT2D eigenvalue weighted by atomic mass is 32.1. The van der Waals surface area contributed by atoms with Crippen LogP contribution in [-0.2, 0) is 20.9 Å². The van der Waals surface area contributed by atoms with E-state index in [0.29, 0.717) is 19.5 Å². The van der Waals surface area contributed by atoms with E-state index in [4.69, 9.17) is 4.74 Å². The third kappa shape index (κ3) is 8.29. The van der Waals surface area contributed by atoms with Crippen LogP contribution in [0, 0.1) is 13.8 Å². The first-order valence-corrected chi connectivity index (χ1v) is 12.9. The fourth-order valence-corrected chi connectivity index (χ4v) is 4.09. The van der Waals surface area contributed by atoms with Gasteiger partial charge >= 0.3 is 6.09 Å². The van der Waals surface area contributed by atoms with E-state index in [9.17, 15) is 14.4 Å². The molecule has 0 saturated carbocycles. The number of rotatable bonds is 10. The molecule has 3 amide bonds. The van der Waals surface area contributed by atoms with Crippen molar-refractivity contribution < 1.29 is 19.1 Å². The largest absolute Gasteiger partial charge is 0.444 e. The van der Waals surface area contributed by atoms with Crippen molar-refractivity contribution in [3.05, 3.63) is 70.8 Å². The van der Waals surface area contributed by atoms with E-state index >= 15 is 0 Å². The number of aryl methyl sites for hydroxylation is 1. The molecule has 2 atom stereocenters. The van der Waals surface area contributed by atoms with Gasteiger partial charge in [-0.25, -0.2) is 4.79 Å². The second-order valence-corrected chi connectivity index (χ2v) is 10.2. The van der Waals surface area contributed by atoms with E-state index < -0.39 is 29.7 Å². The normalized spacial score (nSPS) is 12.9. The van der Waals surface area contributed by atoms with Crippen molar-refractivity contribution in [2.75, 3.05) is 12.3 Å². The molecule has 2 aromatic carbocycles. The van der Waals surface area contributed by atoms with Gasteiger partial charge in [-0.3, -0.25) is 9.59 Å². The van der Waals surface area contributed by atoms with Crippen molar-refractivity contribution in [3.8, 4) is 0 Å². The summed E-state index contributed by atoms with van der Waals surface area (Å²) in [5.74, 6) is -0.619. The van der Waals surface area contributed by atoms with Gasteiger partial charge in [-0.05, 0) is 63.3 Å². The number of hydrogen-bond donors (Lipinski definition) is 3. The Balaban J connectivity index is 2.42. The Kier molecular flexibility index (Phi) is 10.8. The van der Waals surface area contributed by atoms with Crippen molar-refractivity contribution in [1.29, 1.82) is 0 Å². The van der Waals surface area contributed by atoms with Crippen LogP contribution in [0.1, 0.15) is 62.4 Å². The van der Waals surface area contributed by atoms with Crippen LogP contribution in [0.4, 0.5) is 4.79 Å². The predicted octanol–water partition coefficient (Wildman–Crippen LogP) is 4.72. The van der Waals surface area contributed by atoms with Crippen LogP contribution in [0.3, 0.4) is 0 Å². The Hall–Kier alpha value is -3.00. The number of ether oxygens (including phenoxy) is 1. The summed E-state index contributed by atoms with van der Waals surface area (Å²) in [6.45, 7) is 11.8. The molecule has 196 valence electrons. The van der Waals surface area contributed by atoms with Crippen LogP contribution in [0.2, 0.25) is 0 Å². The van der Waals surface area contributed by atoms with Gasteiger partial charge < -0.3 is 20.3 Å². The van der Waals surface area contributed by atoms with Gasteiger partial charge in [0.05, 0.1) is 0 Å². The number of amides is 3. The van der Waals surface area contributed by atoms with Gasteiger partial charge in [-0.15, -0.1) is 0 Å². The van der Waals surface area contributed by atoms with E-state index in [1.165, 1.54) is 0 Å². The van der Waals surface area contributed by atoms with Gasteiger partial charge in [0.15, 0.2) is 0 Å². The highest BCUT2D eigenvalue weighted by molar-refractivity contribution is 7.80. The minimum absolute atomic E-state index is 0.0590. The van der Waals surface area contributed by atoms with Crippen LogP contribution in [-0.4, -0.2) is 46.7 Å². The molecule has 0 aliphatic rings. The lowest BCUT2D eigenvalue weighted by molar-refractivity contribution is -0.142. The molecule has 0 heterocycles. The average molecular weight is 514 g/mol. The van der Waals surface area contributed by atoms with Gasteiger partial charge in [0.2, 0.25) is 11.8 Å². The molecule has 2 unspecified atom stereocenters. The maximum absolute atomic E-state index is 13.8. The van der Waals surface area contributed by atoms with Crippen LogP contribution in [0.25, 0.3) is 0 Å². The van der Waals surface area contributed by atoms with Crippen molar-refractivity contribution in [1.82, 2.24) is 15.5 Å². The molecule has 0 bridgehead atoms. The summed E-state index contributed by atoms with van der Waals surface area (Å²) in [4.78, 5) is 41.4. The summed E-state index contributed by atoms with van der Waals surface area (Å²) < 4.78 is 5.34. The van der Waals surface area contributed by atoms with E-state index in [1.807, 2.05) is 69.3 Å². The van der Waals surface area contributed by atoms with Crippen molar-refractivity contribution in [3.63, 3.8) is 0 Å². The predicted molar refractivity (Wildman–Crippen MR) is 146 cm³/mol. The zero-order valence-corrected chi connectivity index (χ0v) is 23.0. The molecule has 0 radical (unpaired) electrons. The number of alkyl carbamates (subject to hydrolysis) is 1. The molecule has 0 fully saturated rings. The average Bonchev–Trinajstić information content (AvgIpc) is 2.82. The quantitative estimate of drug-likeness (QED) is 0.401. The van der Waals surface area contributed by atoms with E-state index in [2.05, 4.69) is 23.3 Å². The molecule has 36 heavy (non-hydrogen) atoms. The number of benzene rings is 2. The molecule has 0 saturated heterocycles. The Morgan fingerprint density at radius 1 is 1.03 bits per heavy atom. The zero-order chi connectivity index (χ0) is 26.9. The second-order valence-electron chi connectivity index (χ2n) is 9.81. The molecule has 2 N–H and O–H groups in total. The standard InChI is InChI=1S/C28H39N3O4S/c1-7-16-31(26(33)23(18-36)30-27(34)35-28(4,5)6)24(22-15-11-12-19(2)20(22)3)25(32)29-17-21-13-9-8-10-14-21/h8-15,23-24,36H,7,16-18H2,1-6H3,(H,29,32)(H,30,34). The minimum atomic E-state index is -0.954. The van der Waals surface area contributed by atoms with Crippen LogP contribution < -0.4 is 10.6 Å². The van der Waals surface area contributed by atoms with Crippen LogP contribution in [0.15, 0.2) is 48.5 Å². The first-order chi connectivity index (χ1) is 17.0. The van der Waals surface area contributed by atoms with Gasteiger partial charge in [0.25, 0.3) is 0 Å². The fourth-order valence-electron chi connectivity index (χ4n) is 3.85. The topological polar surface area (TPSA) is 87.7 Å². The first kappa shape index (κ1) is 29.2. The molecule has 0 aromatic heterocycles. The summed E-state index contributed by atoms with van der Waals surface area (Å²) >= 11 is 4.32. The molecular formula is C28H39N3O4S. The Labute approximate surface area is 220 Å². The molecule has 2 aromatic rings. The van der Waals surface area contributed by atoms with Crippen LogP contribution >= 0.6 is 12.6 Å². The highest BCUT2D eigenvalue weighted by Crippen LogP contribution is 2.28. The molecular weight excluding hydrogens is 474 g/mol. The van der Waals surface area contributed by atoms with E-state index in [-0.39, 0.29) is 11.7 Å². The third-order valence-corrected chi connectivity index (χ3v) is 6.10. The highest BCUT2D eigenvalue weighted by Gasteiger charge is 2.36. The molecule has 8 heteroatoms. The lowest BCUT2D eigenvalue weighted by atomic mass is 9.95. The Morgan fingerprint density at radius 3 is 2.28 bits per heavy atom. The molecule has 7 nitrogen and oxygen atoms in total. The number of nitrogens with zero attached hydrogens (tertiary/aromatic N) is 1. The minimum Gasteiger partial charge on any atom is -0.444 e. The Bertz CT molecular complexity index is 1040. The van der Waals surface area contributed by atoms with Crippen molar-refractivity contribution in [2.24, 2.45) is 0 Å². The summed E-state index contributed by atoms with van der Waals surface area (Å²) in [5, 5.41) is 5.63. The number of hydrogen-bond acceptors (Lipinski definition) is 5. The maximum Gasteiger partial charge on any atom is 0.408 e. The Morgan fingerprint density at radius 2 is 1.69 bits per heavy atom. The summed E-state index contributed by atoms with van der Waals surface area (Å²) in [5.41, 5.74) is 2.95. The summed E-state index contributed by atoms with van der Waals surface area (Å²) in [6.07, 6.45) is -0.0756. The smallest absolute Gasteiger partial charge is 0.408 e. The number of carbonyl (C=O) groups excluding carboxylic acids is 3. The lowest BCUT2D eigenvalue weighted by Crippen LogP contribution is -2.54. The van der Waals surface area contributed by atoms with Gasteiger partial charge in [-0.2, -0.15) is 12.6 Å². The third-order valence-electron chi connectivity index (χ3n) is 5.73. The van der Waals surface area contributed by atoms with Gasteiger partial charge in [-0.1, -0.05) is 55.5 Å². The number of thiol groups is 1. The lowest BCUT2D eigenvalue weighted by Gasteiger charge is -2.35. The maximum atomic E-state index is 13.8. The summed E-state index contributed by atoms with van der Waals surface area (Å²) in [7, 11) is 0. The van der Waals surface area contributed by atoms with Gasteiger partial charge in [0.1, 0.15) is 17.7 Å². The monoisotopic (exact) mass is 513 g/mol. The van der Waals surface area contributed by atoms with E-state index in [1.54, 1.807) is 25.7 Å². The molecule has 0 aliphatic carbocycles. The molecule has 0 spiro atoms. The number of nitrogens with one attached hydrogen (secondary N) is 2.